The average Bonchev–Trinajstić information content (AvgIpc) is 2.69. The lowest BCUT2D eigenvalue weighted by molar-refractivity contribution is 0.402. The van der Waals surface area contributed by atoms with E-state index in [1.54, 1.807) is 5.56 Å². The van der Waals surface area contributed by atoms with E-state index in [0.29, 0.717) is 5.92 Å². The summed E-state index contributed by atoms with van der Waals surface area (Å²) in [6.45, 7) is 4.62. The van der Waals surface area contributed by atoms with E-state index in [-0.39, 0.29) is 0 Å². The van der Waals surface area contributed by atoms with Gasteiger partial charge in [-0.25, -0.2) is 0 Å². The SMILES string of the molecule is CN1CCN2c3c(cc(Br)cc31)[C@@H]1CNCC[C@@H]12. The van der Waals surface area contributed by atoms with Crippen molar-refractivity contribution in [3.8, 4) is 0 Å². The van der Waals surface area contributed by atoms with E-state index in [9.17, 15) is 0 Å². The topological polar surface area (TPSA) is 18.5 Å². The molecule has 0 aliphatic carbocycles. The molecular formula is C14H18BrN3. The molecule has 0 spiro atoms. The van der Waals surface area contributed by atoms with E-state index in [1.165, 1.54) is 28.8 Å². The largest absolute Gasteiger partial charge is 0.371 e. The molecule has 4 heteroatoms. The molecule has 0 amide bonds. The number of hydrogen-bond donors (Lipinski definition) is 1. The molecule has 2 atom stereocenters. The van der Waals surface area contributed by atoms with Crippen molar-refractivity contribution in [2.24, 2.45) is 0 Å². The molecule has 96 valence electrons. The number of likely N-dealkylation sites (N-methyl/N-ethyl adjacent to an activating group) is 1. The number of hydrogen-bond acceptors (Lipinski definition) is 3. The first-order valence-electron chi connectivity index (χ1n) is 6.77. The highest BCUT2D eigenvalue weighted by molar-refractivity contribution is 9.10. The zero-order chi connectivity index (χ0) is 12.3. The van der Waals surface area contributed by atoms with Gasteiger partial charge in [0.25, 0.3) is 0 Å². The Hall–Kier alpha value is -0.740. The Morgan fingerprint density at radius 2 is 2.22 bits per heavy atom. The molecule has 3 aliphatic rings. The summed E-state index contributed by atoms with van der Waals surface area (Å²) in [6, 6.07) is 5.33. The first kappa shape index (κ1) is 11.1. The maximum Gasteiger partial charge on any atom is 0.0644 e. The van der Waals surface area contributed by atoms with Gasteiger partial charge in [0.15, 0.2) is 0 Å². The second kappa shape index (κ2) is 3.87. The van der Waals surface area contributed by atoms with Crippen LogP contribution < -0.4 is 15.1 Å². The Balaban J connectivity index is 1.92. The van der Waals surface area contributed by atoms with Gasteiger partial charge in [-0.2, -0.15) is 0 Å². The van der Waals surface area contributed by atoms with Gasteiger partial charge in [-0.1, -0.05) is 15.9 Å². The van der Waals surface area contributed by atoms with Crippen molar-refractivity contribution in [3.63, 3.8) is 0 Å². The molecule has 0 aromatic heterocycles. The van der Waals surface area contributed by atoms with E-state index >= 15 is 0 Å². The van der Waals surface area contributed by atoms with Crippen molar-refractivity contribution >= 4 is 27.3 Å². The zero-order valence-corrected chi connectivity index (χ0v) is 12.2. The molecule has 1 aromatic rings. The van der Waals surface area contributed by atoms with Gasteiger partial charge in [0, 0.05) is 43.1 Å². The highest BCUT2D eigenvalue weighted by Gasteiger charge is 2.43. The van der Waals surface area contributed by atoms with Crippen molar-refractivity contribution < 1.29 is 0 Å². The van der Waals surface area contributed by atoms with E-state index in [1.807, 2.05) is 0 Å². The summed E-state index contributed by atoms with van der Waals surface area (Å²) in [6.07, 6.45) is 1.28. The number of fused-ring (bicyclic) bond motifs is 3. The smallest absolute Gasteiger partial charge is 0.0644 e. The number of benzene rings is 1. The molecule has 3 heterocycles. The van der Waals surface area contributed by atoms with E-state index in [4.69, 9.17) is 0 Å². The van der Waals surface area contributed by atoms with Crippen LogP contribution in [-0.4, -0.2) is 39.3 Å². The fraction of sp³-hybridized carbons (Fsp3) is 0.571. The lowest BCUT2D eigenvalue weighted by Gasteiger charge is -2.39. The van der Waals surface area contributed by atoms with Gasteiger partial charge in [0.1, 0.15) is 0 Å². The molecule has 1 fully saturated rings. The standard InChI is InChI=1S/C14H18BrN3/c1-17-4-5-18-12-2-3-16-8-11(12)10-6-9(15)7-13(17)14(10)18/h6-7,11-12,16H,2-5,8H2,1H3/t11-,12-/m0/s1. The minimum absolute atomic E-state index is 0.677. The highest BCUT2D eigenvalue weighted by atomic mass is 79.9. The molecule has 3 nitrogen and oxygen atoms in total. The van der Waals surface area contributed by atoms with Crippen LogP contribution in [-0.2, 0) is 0 Å². The normalized spacial score (nSPS) is 29.2. The quantitative estimate of drug-likeness (QED) is 0.792. The van der Waals surface area contributed by atoms with Gasteiger partial charge in [0.05, 0.1) is 11.4 Å². The van der Waals surface area contributed by atoms with Crippen LogP contribution in [0.25, 0.3) is 0 Å². The number of rotatable bonds is 0. The first-order chi connectivity index (χ1) is 8.75. The summed E-state index contributed by atoms with van der Waals surface area (Å²) < 4.78 is 1.22. The Kier molecular flexibility index (Phi) is 2.39. The summed E-state index contributed by atoms with van der Waals surface area (Å²) >= 11 is 3.68. The van der Waals surface area contributed by atoms with E-state index in [2.05, 4.69) is 50.2 Å². The summed E-state index contributed by atoms with van der Waals surface area (Å²) in [7, 11) is 2.21. The van der Waals surface area contributed by atoms with Crippen molar-refractivity contribution in [1.29, 1.82) is 0 Å². The molecule has 4 rings (SSSR count). The van der Waals surface area contributed by atoms with Crippen molar-refractivity contribution in [3.05, 3.63) is 22.2 Å². The van der Waals surface area contributed by atoms with Crippen LogP contribution in [0.15, 0.2) is 16.6 Å². The van der Waals surface area contributed by atoms with Crippen molar-refractivity contribution in [2.45, 2.75) is 18.4 Å². The maximum absolute atomic E-state index is 3.68. The van der Waals surface area contributed by atoms with Crippen molar-refractivity contribution in [1.82, 2.24) is 5.32 Å². The lowest BCUT2D eigenvalue weighted by Crippen LogP contribution is -2.48. The van der Waals surface area contributed by atoms with E-state index < -0.39 is 0 Å². The van der Waals surface area contributed by atoms with Gasteiger partial charge >= 0.3 is 0 Å². The maximum atomic E-state index is 3.68. The highest BCUT2D eigenvalue weighted by Crippen LogP contribution is 2.50. The van der Waals surface area contributed by atoms with Gasteiger partial charge in [-0.3, -0.25) is 0 Å². The molecule has 0 radical (unpaired) electrons. The second-order valence-corrected chi connectivity index (χ2v) is 6.56. The third-order valence-electron chi connectivity index (χ3n) is 4.70. The van der Waals surface area contributed by atoms with Crippen LogP contribution in [0.2, 0.25) is 0 Å². The molecule has 0 saturated carbocycles. The summed E-state index contributed by atoms with van der Waals surface area (Å²) in [5.41, 5.74) is 4.45. The molecule has 1 saturated heterocycles. The fourth-order valence-electron chi connectivity index (χ4n) is 3.85. The third-order valence-corrected chi connectivity index (χ3v) is 5.16. The summed E-state index contributed by atoms with van der Waals surface area (Å²) in [5.74, 6) is 0.677. The number of halogens is 1. The van der Waals surface area contributed by atoms with Crippen LogP contribution >= 0.6 is 15.9 Å². The predicted octanol–water partition coefficient (Wildman–Crippen LogP) is 2.16. The fourth-order valence-corrected chi connectivity index (χ4v) is 4.31. The Morgan fingerprint density at radius 1 is 1.33 bits per heavy atom. The molecule has 0 unspecified atom stereocenters. The Labute approximate surface area is 116 Å². The number of nitrogens with zero attached hydrogens (tertiary/aromatic N) is 2. The van der Waals surface area contributed by atoms with Crippen LogP contribution in [0.4, 0.5) is 11.4 Å². The van der Waals surface area contributed by atoms with Gasteiger partial charge in [-0.05, 0) is 30.7 Å². The monoisotopic (exact) mass is 307 g/mol. The van der Waals surface area contributed by atoms with Crippen LogP contribution in [0.1, 0.15) is 17.9 Å². The lowest BCUT2D eigenvalue weighted by atomic mass is 9.90. The van der Waals surface area contributed by atoms with Crippen molar-refractivity contribution in [2.75, 3.05) is 43.0 Å². The number of anilines is 2. The molecule has 0 bridgehead atoms. The van der Waals surface area contributed by atoms with Crippen LogP contribution in [0.3, 0.4) is 0 Å². The van der Waals surface area contributed by atoms with E-state index in [0.717, 1.165) is 25.7 Å². The summed E-state index contributed by atoms with van der Waals surface area (Å²) in [4.78, 5) is 5.06. The molecule has 1 N–H and O–H groups in total. The number of piperidine rings is 1. The zero-order valence-electron chi connectivity index (χ0n) is 10.6. The Bertz CT molecular complexity index is 502. The minimum atomic E-state index is 0.677. The van der Waals surface area contributed by atoms with Crippen LogP contribution in [0.5, 0.6) is 0 Å². The van der Waals surface area contributed by atoms with Gasteiger partial charge < -0.3 is 15.1 Å². The second-order valence-electron chi connectivity index (χ2n) is 5.64. The molecule has 3 aliphatic heterocycles. The average molecular weight is 308 g/mol. The number of nitrogens with one attached hydrogen (secondary N) is 1. The molecular weight excluding hydrogens is 290 g/mol. The Morgan fingerprint density at radius 3 is 3.11 bits per heavy atom. The summed E-state index contributed by atoms with van der Waals surface area (Å²) in [5, 5.41) is 3.56. The van der Waals surface area contributed by atoms with Crippen LogP contribution in [0, 0.1) is 0 Å². The molecule has 18 heavy (non-hydrogen) atoms. The first-order valence-corrected chi connectivity index (χ1v) is 7.57. The molecule has 1 aromatic carbocycles. The third kappa shape index (κ3) is 1.39. The minimum Gasteiger partial charge on any atom is -0.371 e. The predicted molar refractivity (Wildman–Crippen MR) is 78.8 cm³/mol. The van der Waals surface area contributed by atoms with Gasteiger partial charge in [0.2, 0.25) is 0 Å². The van der Waals surface area contributed by atoms with Gasteiger partial charge in [-0.15, -0.1) is 0 Å².